The Balaban J connectivity index is 1.39. The number of likely N-dealkylation sites (tertiary alicyclic amines) is 1. The van der Waals surface area contributed by atoms with Crippen molar-refractivity contribution < 1.29 is 19.7 Å². The van der Waals surface area contributed by atoms with Gasteiger partial charge in [0.2, 0.25) is 0 Å². The molecule has 3 aromatic carbocycles. The van der Waals surface area contributed by atoms with Crippen LogP contribution in [0.15, 0.2) is 72.8 Å². The summed E-state index contributed by atoms with van der Waals surface area (Å²) in [6, 6.07) is 24.6. The number of aliphatic hydroxyl groups is 2. The third kappa shape index (κ3) is 5.54. The number of rotatable bonds is 7. The molecule has 6 heteroatoms. The summed E-state index contributed by atoms with van der Waals surface area (Å²) in [5.74, 6) is 0.122. The minimum absolute atomic E-state index is 0.0214. The second-order valence-corrected chi connectivity index (χ2v) is 10.1. The van der Waals surface area contributed by atoms with Gasteiger partial charge in [0, 0.05) is 37.7 Å². The Morgan fingerprint density at radius 1 is 0.917 bits per heavy atom. The molecule has 36 heavy (non-hydrogen) atoms. The molecule has 0 amide bonds. The Morgan fingerprint density at radius 2 is 1.67 bits per heavy atom. The van der Waals surface area contributed by atoms with Crippen LogP contribution >= 0.6 is 0 Å². The van der Waals surface area contributed by atoms with Crippen LogP contribution in [0.25, 0.3) is 11.1 Å². The Kier molecular flexibility index (Phi) is 7.82. The molecule has 190 valence electrons. The molecule has 4 N–H and O–H groups in total. The first-order valence-corrected chi connectivity index (χ1v) is 12.8. The van der Waals surface area contributed by atoms with Crippen molar-refractivity contribution >= 4 is 0 Å². The fourth-order valence-electron chi connectivity index (χ4n) is 5.27. The predicted molar refractivity (Wildman–Crippen MR) is 140 cm³/mol. The van der Waals surface area contributed by atoms with Gasteiger partial charge in [0.1, 0.15) is 0 Å². The maximum Gasteiger partial charge on any atom is 0.184 e. The molecule has 0 spiro atoms. The number of hydrogen-bond acceptors (Lipinski definition) is 6. The highest BCUT2D eigenvalue weighted by molar-refractivity contribution is 5.64. The van der Waals surface area contributed by atoms with E-state index in [0.29, 0.717) is 13.1 Å². The highest BCUT2D eigenvalue weighted by Crippen LogP contribution is 2.42. The van der Waals surface area contributed by atoms with E-state index in [1.54, 1.807) is 0 Å². The average Bonchev–Trinajstić information content (AvgIpc) is 3.34. The Hall–Kier alpha value is -2.58. The highest BCUT2D eigenvalue weighted by atomic mass is 16.7. The van der Waals surface area contributed by atoms with E-state index in [1.807, 2.05) is 36.4 Å². The lowest BCUT2D eigenvalue weighted by Crippen LogP contribution is -2.44. The summed E-state index contributed by atoms with van der Waals surface area (Å²) in [5, 5.41) is 19.5. The number of benzene rings is 3. The van der Waals surface area contributed by atoms with Crippen LogP contribution in [0.2, 0.25) is 0 Å². The van der Waals surface area contributed by atoms with Crippen molar-refractivity contribution in [3.05, 3.63) is 95.1 Å². The molecule has 0 unspecified atom stereocenters. The number of nitrogens with zero attached hydrogens (tertiary/aromatic N) is 1. The quantitative estimate of drug-likeness (QED) is 0.463. The molecule has 0 aliphatic carbocycles. The highest BCUT2D eigenvalue weighted by Gasteiger charge is 2.39. The maximum atomic E-state index is 10.0. The van der Waals surface area contributed by atoms with Gasteiger partial charge < -0.3 is 25.4 Å². The van der Waals surface area contributed by atoms with E-state index < -0.39 is 6.29 Å². The van der Waals surface area contributed by atoms with Crippen molar-refractivity contribution in [3.8, 4) is 11.1 Å². The molecular weight excluding hydrogens is 452 g/mol. The van der Waals surface area contributed by atoms with Gasteiger partial charge in [0.05, 0.1) is 24.9 Å². The van der Waals surface area contributed by atoms with Crippen molar-refractivity contribution in [3.63, 3.8) is 0 Å². The summed E-state index contributed by atoms with van der Waals surface area (Å²) in [7, 11) is 0. The van der Waals surface area contributed by atoms with Gasteiger partial charge >= 0.3 is 0 Å². The Labute approximate surface area is 213 Å². The normalized spacial score (nSPS) is 26.8. The maximum absolute atomic E-state index is 10.0. The van der Waals surface area contributed by atoms with Gasteiger partial charge in [0.25, 0.3) is 0 Å². The first kappa shape index (κ1) is 25.1. The lowest BCUT2D eigenvalue weighted by Gasteiger charge is -2.42. The Bertz CT molecular complexity index is 1130. The van der Waals surface area contributed by atoms with Gasteiger partial charge in [-0.2, -0.15) is 0 Å². The van der Waals surface area contributed by atoms with Gasteiger partial charge in [-0.05, 0) is 40.3 Å². The summed E-state index contributed by atoms with van der Waals surface area (Å²) >= 11 is 0. The number of hydrogen-bond donors (Lipinski definition) is 3. The summed E-state index contributed by atoms with van der Waals surface area (Å²) in [5.41, 5.74) is 12.1. The van der Waals surface area contributed by atoms with Crippen LogP contribution in [0.5, 0.6) is 0 Å². The van der Waals surface area contributed by atoms with E-state index in [2.05, 4.69) is 48.2 Å². The number of aliphatic hydroxyl groups excluding tert-OH is 2. The molecule has 2 aliphatic heterocycles. The first-order valence-electron chi connectivity index (χ1n) is 12.8. The average molecular weight is 489 g/mol. The fraction of sp³-hybridized carbons (Fsp3) is 0.400. The molecule has 2 heterocycles. The summed E-state index contributed by atoms with van der Waals surface area (Å²) in [4.78, 5) is 2.29. The molecule has 2 saturated heterocycles. The number of β-amino-alcohol motifs (C(OH)–C–C–N with tert-alkyl or cyclic N) is 1. The smallest absolute Gasteiger partial charge is 0.184 e. The fourth-order valence-corrected chi connectivity index (χ4v) is 5.27. The van der Waals surface area contributed by atoms with E-state index in [4.69, 9.17) is 15.2 Å². The van der Waals surface area contributed by atoms with Crippen molar-refractivity contribution in [1.29, 1.82) is 0 Å². The zero-order valence-electron chi connectivity index (χ0n) is 20.8. The molecule has 2 fully saturated rings. The lowest BCUT2D eigenvalue weighted by atomic mass is 9.90. The molecule has 5 rings (SSSR count). The van der Waals surface area contributed by atoms with E-state index in [-0.39, 0.29) is 30.8 Å². The summed E-state index contributed by atoms with van der Waals surface area (Å²) in [6.45, 7) is 5.03. The molecular formula is C30H36N2O4. The minimum atomic E-state index is -0.495. The second kappa shape index (κ2) is 11.2. The Morgan fingerprint density at radius 3 is 2.33 bits per heavy atom. The molecule has 2 aliphatic rings. The van der Waals surface area contributed by atoms with Crippen molar-refractivity contribution in [2.45, 2.75) is 51.1 Å². The van der Waals surface area contributed by atoms with Crippen LogP contribution in [-0.2, 0) is 22.6 Å². The van der Waals surface area contributed by atoms with Gasteiger partial charge in [-0.25, -0.2) is 0 Å². The summed E-state index contributed by atoms with van der Waals surface area (Å²) < 4.78 is 13.1. The number of nitrogens with two attached hydrogens (primary N) is 1. The van der Waals surface area contributed by atoms with Crippen LogP contribution < -0.4 is 5.73 Å². The minimum Gasteiger partial charge on any atom is -0.392 e. The molecule has 0 radical (unpaired) electrons. The van der Waals surface area contributed by atoms with Crippen molar-refractivity contribution in [2.75, 3.05) is 19.6 Å². The SMILES string of the molecule is C[C@@H]1[C@H](CN2CC[C@H](O)C2)O[C@H](c2ccc(-c3cccc(CN)c3)cc2)O[C@@H]1c1ccc(CO)cc1. The second-order valence-electron chi connectivity index (χ2n) is 10.1. The number of ether oxygens (including phenoxy) is 2. The molecule has 0 aromatic heterocycles. The molecule has 0 saturated carbocycles. The van der Waals surface area contributed by atoms with Gasteiger partial charge in [-0.15, -0.1) is 0 Å². The molecule has 5 atom stereocenters. The van der Waals surface area contributed by atoms with E-state index in [1.165, 1.54) is 0 Å². The molecule has 3 aromatic rings. The lowest BCUT2D eigenvalue weighted by molar-refractivity contribution is -0.276. The third-order valence-electron chi connectivity index (χ3n) is 7.49. The van der Waals surface area contributed by atoms with E-state index in [9.17, 15) is 10.2 Å². The largest absolute Gasteiger partial charge is 0.392 e. The third-order valence-corrected chi connectivity index (χ3v) is 7.49. The van der Waals surface area contributed by atoms with E-state index in [0.717, 1.165) is 52.9 Å². The van der Waals surface area contributed by atoms with E-state index >= 15 is 0 Å². The zero-order chi connectivity index (χ0) is 25.1. The predicted octanol–water partition coefficient (Wildman–Crippen LogP) is 4.16. The van der Waals surface area contributed by atoms with Crippen LogP contribution in [0.1, 0.15) is 48.0 Å². The van der Waals surface area contributed by atoms with Crippen LogP contribution in [0, 0.1) is 5.92 Å². The standard InChI is InChI=1S/C30H36N2O4/c1-20-28(18-32-14-13-27(34)17-32)35-30(36-29(20)24-7-5-21(19-33)6-8-24)25-11-9-23(10-12-25)26-4-2-3-22(15-26)16-31/h2-12,15,20,27-30,33-34H,13-14,16-19,31H2,1H3/t20-,27+,28+,29+,30+/m1/s1. The molecule has 6 nitrogen and oxygen atoms in total. The van der Waals surface area contributed by atoms with Gasteiger partial charge in [-0.3, -0.25) is 4.90 Å². The van der Waals surface area contributed by atoms with Crippen LogP contribution in [-0.4, -0.2) is 47.0 Å². The van der Waals surface area contributed by atoms with Gasteiger partial charge in [-0.1, -0.05) is 73.7 Å². The van der Waals surface area contributed by atoms with Crippen LogP contribution in [0.3, 0.4) is 0 Å². The first-order chi connectivity index (χ1) is 17.5. The molecule has 0 bridgehead atoms. The van der Waals surface area contributed by atoms with Gasteiger partial charge in [0.15, 0.2) is 6.29 Å². The van der Waals surface area contributed by atoms with Crippen molar-refractivity contribution in [1.82, 2.24) is 4.90 Å². The monoisotopic (exact) mass is 488 g/mol. The summed E-state index contributed by atoms with van der Waals surface area (Å²) in [6.07, 6.45) is -0.138. The van der Waals surface area contributed by atoms with Crippen LogP contribution in [0.4, 0.5) is 0 Å². The zero-order valence-corrected chi connectivity index (χ0v) is 20.8. The van der Waals surface area contributed by atoms with Crippen molar-refractivity contribution in [2.24, 2.45) is 11.7 Å². The topological polar surface area (TPSA) is 88.2 Å².